The molecule has 96 valence electrons. The fourth-order valence-corrected chi connectivity index (χ4v) is 2.13. The molecule has 0 atom stereocenters. The summed E-state index contributed by atoms with van der Waals surface area (Å²) in [5.74, 6) is 0. The predicted molar refractivity (Wildman–Crippen MR) is 70.8 cm³/mol. The van der Waals surface area contributed by atoms with Gasteiger partial charge in [0.2, 0.25) is 0 Å². The van der Waals surface area contributed by atoms with Gasteiger partial charge in [-0.1, -0.05) is 35.5 Å². The van der Waals surface area contributed by atoms with Gasteiger partial charge in [-0.15, -0.1) is 5.10 Å². The van der Waals surface area contributed by atoms with Crippen LogP contribution < -0.4 is 5.56 Å². The van der Waals surface area contributed by atoms with E-state index in [4.69, 9.17) is 0 Å². The molecule has 1 aromatic carbocycles. The van der Waals surface area contributed by atoms with Crippen molar-refractivity contribution in [2.75, 3.05) is 0 Å². The van der Waals surface area contributed by atoms with Crippen LogP contribution in [0.25, 0.3) is 11.0 Å². The molecule has 0 fully saturated rings. The summed E-state index contributed by atoms with van der Waals surface area (Å²) in [6, 6.07) is 9.70. The Morgan fingerprint density at radius 2 is 1.95 bits per heavy atom. The number of nitrogens with zero attached hydrogens (tertiary/aromatic N) is 5. The van der Waals surface area contributed by atoms with E-state index in [1.54, 1.807) is 11.7 Å². The highest BCUT2D eigenvalue weighted by molar-refractivity contribution is 5.75. The van der Waals surface area contributed by atoms with Crippen LogP contribution in [0.2, 0.25) is 0 Å². The van der Waals surface area contributed by atoms with E-state index in [1.807, 2.05) is 37.3 Å². The maximum absolute atomic E-state index is 12.4. The van der Waals surface area contributed by atoms with Crippen LogP contribution in [0.15, 0.2) is 35.1 Å². The standard InChI is InChI=1S/C13H13N5O/c1-9-11-12(17(2)15-9)13(19)18(16-14-11)8-10-6-4-3-5-7-10/h3-7H,8H2,1-2H3. The molecule has 0 saturated carbocycles. The van der Waals surface area contributed by atoms with E-state index >= 15 is 0 Å². The molecule has 0 spiro atoms. The largest absolute Gasteiger partial charge is 0.296 e. The molecule has 0 N–H and O–H groups in total. The second-order valence-corrected chi connectivity index (χ2v) is 4.44. The Bertz CT molecular complexity index is 788. The van der Waals surface area contributed by atoms with Crippen molar-refractivity contribution < 1.29 is 0 Å². The van der Waals surface area contributed by atoms with E-state index in [-0.39, 0.29) is 5.56 Å². The lowest BCUT2D eigenvalue weighted by Crippen LogP contribution is -2.26. The smallest absolute Gasteiger partial charge is 0.265 e. The molecule has 19 heavy (non-hydrogen) atoms. The van der Waals surface area contributed by atoms with Crippen LogP contribution in [0.4, 0.5) is 0 Å². The summed E-state index contributed by atoms with van der Waals surface area (Å²) in [4.78, 5) is 12.4. The number of benzene rings is 1. The van der Waals surface area contributed by atoms with Gasteiger partial charge in [0.25, 0.3) is 5.56 Å². The van der Waals surface area contributed by atoms with Crippen molar-refractivity contribution in [2.24, 2.45) is 7.05 Å². The minimum Gasteiger partial charge on any atom is -0.265 e. The zero-order valence-corrected chi connectivity index (χ0v) is 10.7. The van der Waals surface area contributed by atoms with Crippen molar-refractivity contribution in [2.45, 2.75) is 13.5 Å². The van der Waals surface area contributed by atoms with Gasteiger partial charge in [0, 0.05) is 7.05 Å². The molecule has 0 aliphatic heterocycles. The number of hydrogen-bond acceptors (Lipinski definition) is 4. The summed E-state index contributed by atoms with van der Waals surface area (Å²) in [6.45, 7) is 2.23. The van der Waals surface area contributed by atoms with E-state index in [1.165, 1.54) is 4.68 Å². The van der Waals surface area contributed by atoms with E-state index in [2.05, 4.69) is 15.4 Å². The summed E-state index contributed by atoms with van der Waals surface area (Å²) in [5.41, 5.74) is 2.61. The highest BCUT2D eigenvalue weighted by Crippen LogP contribution is 2.09. The van der Waals surface area contributed by atoms with Crippen LogP contribution in [0.5, 0.6) is 0 Å². The number of aryl methyl sites for hydroxylation is 2. The molecule has 3 aromatic rings. The van der Waals surface area contributed by atoms with Gasteiger partial charge >= 0.3 is 0 Å². The average Bonchev–Trinajstić information content (AvgIpc) is 2.70. The summed E-state index contributed by atoms with van der Waals surface area (Å²) in [5, 5.41) is 12.3. The summed E-state index contributed by atoms with van der Waals surface area (Å²) >= 11 is 0. The van der Waals surface area contributed by atoms with Crippen molar-refractivity contribution in [3.8, 4) is 0 Å². The first-order valence-electron chi connectivity index (χ1n) is 5.98. The Labute approximate surface area is 109 Å². The summed E-state index contributed by atoms with van der Waals surface area (Å²) in [6.07, 6.45) is 0. The van der Waals surface area contributed by atoms with E-state index in [9.17, 15) is 4.79 Å². The lowest BCUT2D eigenvalue weighted by Gasteiger charge is -2.03. The monoisotopic (exact) mass is 255 g/mol. The van der Waals surface area contributed by atoms with Crippen molar-refractivity contribution in [3.63, 3.8) is 0 Å². The fourth-order valence-electron chi connectivity index (χ4n) is 2.13. The van der Waals surface area contributed by atoms with Gasteiger partial charge in [0.05, 0.1) is 12.2 Å². The van der Waals surface area contributed by atoms with Gasteiger partial charge in [-0.05, 0) is 12.5 Å². The van der Waals surface area contributed by atoms with Crippen molar-refractivity contribution in [1.29, 1.82) is 0 Å². The third-order valence-corrected chi connectivity index (χ3v) is 3.06. The Balaban J connectivity index is 2.13. The predicted octanol–water partition coefficient (Wildman–Crippen LogP) is 0.882. The third-order valence-electron chi connectivity index (χ3n) is 3.06. The molecule has 0 amide bonds. The second-order valence-electron chi connectivity index (χ2n) is 4.44. The Morgan fingerprint density at radius 3 is 2.68 bits per heavy atom. The van der Waals surface area contributed by atoms with Gasteiger partial charge in [-0.25, -0.2) is 4.68 Å². The number of hydrogen-bond donors (Lipinski definition) is 0. The molecule has 0 aliphatic carbocycles. The molecular formula is C13H13N5O. The first-order chi connectivity index (χ1) is 9.16. The van der Waals surface area contributed by atoms with Crippen LogP contribution in [0, 0.1) is 6.92 Å². The van der Waals surface area contributed by atoms with Crippen LogP contribution in [0.1, 0.15) is 11.3 Å². The summed E-state index contributed by atoms with van der Waals surface area (Å²) in [7, 11) is 1.74. The van der Waals surface area contributed by atoms with Crippen molar-refractivity contribution in [1.82, 2.24) is 24.8 Å². The lowest BCUT2D eigenvalue weighted by molar-refractivity contribution is 0.596. The topological polar surface area (TPSA) is 65.6 Å². The van der Waals surface area contributed by atoms with Gasteiger partial charge in [0.15, 0.2) is 5.52 Å². The van der Waals surface area contributed by atoms with Crippen LogP contribution >= 0.6 is 0 Å². The minimum absolute atomic E-state index is 0.169. The zero-order chi connectivity index (χ0) is 13.4. The number of rotatable bonds is 2. The Hall–Kier alpha value is -2.50. The lowest BCUT2D eigenvalue weighted by atomic mass is 10.2. The maximum Gasteiger partial charge on any atom is 0.296 e. The minimum atomic E-state index is -0.169. The van der Waals surface area contributed by atoms with Gasteiger partial charge in [0.1, 0.15) is 5.52 Å². The van der Waals surface area contributed by atoms with Crippen LogP contribution in [-0.2, 0) is 13.6 Å². The van der Waals surface area contributed by atoms with Crippen LogP contribution in [-0.4, -0.2) is 24.8 Å². The normalized spacial score (nSPS) is 11.1. The third kappa shape index (κ3) is 1.91. The molecule has 0 radical (unpaired) electrons. The first-order valence-corrected chi connectivity index (χ1v) is 5.98. The van der Waals surface area contributed by atoms with Gasteiger partial charge in [-0.3, -0.25) is 9.48 Å². The molecule has 0 saturated heterocycles. The molecule has 2 aromatic heterocycles. The Kier molecular flexibility index (Phi) is 2.63. The van der Waals surface area contributed by atoms with Gasteiger partial charge in [-0.2, -0.15) is 5.10 Å². The van der Waals surface area contributed by atoms with Gasteiger partial charge < -0.3 is 0 Å². The van der Waals surface area contributed by atoms with E-state index < -0.39 is 0 Å². The molecule has 6 heteroatoms. The molecule has 6 nitrogen and oxygen atoms in total. The average molecular weight is 255 g/mol. The van der Waals surface area contributed by atoms with Crippen LogP contribution in [0.3, 0.4) is 0 Å². The first kappa shape index (κ1) is 11.6. The highest BCUT2D eigenvalue weighted by Gasteiger charge is 2.13. The van der Waals surface area contributed by atoms with E-state index in [0.717, 1.165) is 5.56 Å². The summed E-state index contributed by atoms with van der Waals surface area (Å²) < 4.78 is 2.92. The molecule has 3 rings (SSSR count). The zero-order valence-electron chi connectivity index (χ0n) is 10.7. The molecule has 0 bridgehead atoms. The maximum atomic E-state index is 12.4. The quantitative estimate of drug-likeness (QED) is 0.682. The van der Waals surface area contributed by atoms with E-state index in [0.29, 0.717) is 23.3 Å². The number of aromatic nitrogens is 5. The Morgan fingerprint density at radius 1 is 1.21 bits per heavy atom. The SMILES string of the molecule is Cc1nn(C)c2c(=O)n(Cc3ccccc3)nnc12. The molecule has 2 heterocycles. The highest BCUT2D eigenvalue weighted by atomic mass is 16.1. The number of fused-ring (bicyclic) bond motifs is 1. The fraction of sp³-hybridized carbons (Fsp3) is 0.231. The van der Waals surface area contributed by atoms with Crippen molar-refractivity contribution in [3.05, 3.63) is 51.9 Å². The second kappa shape index (κ2) is 4.31. The van der Waals surface area contributed by atoms with Crippen molar-refractivity contribution >= 4 is 11.0 Å². The molecule has 0 aliphatic rings. The molecule has 0 unspecified atom stereocenters. The molecular weight excluding hydrogens is 242 g/mol.